The molecule has 0 radical (unpaired) electrons. The van der Waals surface area contributed by atoms with Crippen molar-refractivity contribution in [1.29, 1.82) is 0 Å². The molecule has 0 spiro atoms. The van der Waals surface area contributed by atoms with E-state index in [9.17, 15) is 19.2 Å². The molecule has 1 saturated carbocycles. The number of rotatable bonds is 11. The Morgan fingerprint density at radius 3 is 1.26 bits per heavy atom. The molecular weight excluding hydrogens is 770 g/mol. The summed E-state index contributed by atoms with van der Waals surface area (Å²) in [6.45, 7) is 8.34. The van der Waals surface area contributed by atoms with Crippen molar-refractivity contribution >= 4 is 77.3 Å². The molecule has 1 aliphatic carbocycles. The van der Waals surface area contributed by atoms with E-state index in [1.807, 2.05) is 77.7 Å². The van der Waals surface area contributed by atoms with Crippen LogP contribution < -0.4 is 0 Å². The lowest BCUT2D eigenvalue weighted by Gasteiger charge is -2.28. The summed E-state index contributed by atoms with van der Waals surface area (Å²) in [4.78, 5) is 50.6. The van der Waals surface area contributed by atoms with Crippen molar-refractivity contribution in [3.8, 4) is 0 Å². The molecular formula is C39H41Br2NO8. The minimum absolute atomic E-state index is 0.217. The molecule has 6 rings (SSSR count). The van der Waals surface area contributed by atoms with Gasteiger partial charge in [-0.2, -0.15) is 0 Å². The van der Waals surface area contributed by atoms with Gasteiger partial charge in [0.05, 0.1) is 26.4 Å². The number of hydrogen-bond donors (Lipinski definition) is 0. The van der Waals surface area contributed by atoms with Crippen LogP contribution in [-0.4, -0.2) is 61.2 Å². The van der Waals surface area contributed by atoms with Crippen LogP contribution in [0.2, 0.25) is 0 Å². The van der Waals surface area contributed by atoms with E-state index in [4.69, 9.17) is 18.9 Å². The SMILES string of the molecule is CCOC(=O)C(Br)c1cc2ccccc2cc1C(Br)C(=O)OCC.CCOC(=O)C1c2cc3ccccc3cc2C(C(=O)OCC)N1C1CC1. The van der Waals surface area contributed by atoms with E-state index < -0.39 is 33.7 Å². The smallest absolute Gasteiger partial charge is 0.328 e. The van der Waals surface area contributed by atoms with Gasteiger partial charge in [0.25, 0.3) is 0 Å². The number of alkyl halides is 2. The minimum atomic E-state index is -0.661. The third-order valence-electron chi connectivity index (χ3n) is 8.61. The first-order chi connectivity index (χ1) is 24.1. The van der Waals surface area contributed by atoms with Crippen LogP contribution in [-0.2, 0) is 38.1 Å². The predicted molar refractivity (Wildman–Crippen MR) is 198 cm³/mol. The zero-order valence-corrected chi connectivity index (χ0v) is 31.7. The van der Waals surface area contributed by atoms with Crippen LogP contribution in [0, 0.1) is 0 Å². The molecule has 4 aromatic rings. The van der Waals surface area contributed by atoms with Crippen LogP contribution in [0.1, 0.15) is 84.5 Å². The Hall–Kier alpha value is -3.80. The minimum Gasteiger partial charge on any atom is -0.465 e. The van der Waals surface area contributed by atoms with E-state index in [1.165, 1.54) is 0 Å². The first-order valence-corrected chi connectivity index (χ1v) is 18.7. The van der Waals surface area contributed by atoms with E-state index >= 15 is 0 Å². The standard InChI is InChI=1S/C21H23NO4.C18H18Br2O4/c1-3-25-20(23)18-16-11-13-7-5-6-8-14(13)12-17(16)19(21(24)26-4-2)22(18)15-9-10-15;1-3-23-17(21)15(19)13-9-11-7-5-6-8-12(11)10-14(13)16(20)18(22)24-4-2/h5-8,11-12,15,18-19H,3-4,9-10H2,1-2H3;5-10,15-16H,3-4H2,1-2H3. The van der Waals surface area contributed by atoms with Gasteiger partial charge in [0, 0.05) is 6.04 Å². The summed E-state index contributed by atoms with van der Waals surface area (Å²) in [6, 6.07) is 22.8. The van der Waals surface area contributed by atoms with Crippen LogP contribution in [0.15, 0.2) is 72.8 Å². The fourth-order valence-electron chi connectivity index (χ4n) is 6.35. The Morgan fingerprint density at radius 2 is 0.940 bits per heavy atom. The second-order valence-corrected chi connectivity index (χ2v) is 13.7. The third-order valence-corrected chi connectivity index (χ3v) is 10.3. The van der Waals surface area contributed by atoms with Crippen molar-refractivity contribution < 1.29 is 38.1 Å². The fourth-order valence-corrected chi connectivity index (χ4v) is 7.41. The number of ether oxygens (including phenoxy) is 4. The fraction of sp³-hybridized carbons (Fsp3) is 0.385. The Balaban J connectivity index is 0.000000195. The van der Waals surface area contributed by atoms with E-state index in [0.29, 0.717) is 37.6 Å². The first kappa shape index (κ1) is 37.5. The summed E-state index contributed by atoms with van der Waals surface area (Å²) in [7, 11) is 0. The van der Waals surface area contributed by atoms with Gasteiger partial charge in [-0.1, -0.05) is 80.4 Å². The molecule has 1 fully saturated rings. The first-order valence-electron chi connectivity index (χ1n) is 16.9. The maximum atomic E-state index is 12.8. The molecule has 0 saturated heterocycles. The Morgan fingerprint density at radius 1 is 0.600 bits per heavy atom. The second-order valence-electron chi connectivity index (χ2n) is 11.9. The molecule has 4 atom stereocenters. The number of carbonyl (C=O) groups is 4. The maximum Gasteiger partial charge on any atom is 0.328 e. The molecule has 4 unspecified atom stereocenters. The van der Waals surface area contributed by atoms with Crippen molar-refractivity contribution in [3.05, 3.63) is 95.1 Å². The predicted octanol–water partition coefficient (Wildman–Crippen LogP) is 8.36. The highest BCUT2D eigenvalue weighted by Crippen LogP contribution is 2.50. The van der Waals surface area contributed by atoms with Gasteiger partial charge in [0.2, 0.25) is 0 Å². The number of fused-ring (bicyclic) bond motifs is 3. The van der Waals surface area contributed by atoms with Crippen molar-refractivity contribution in [2.45, 2.75) is 68.3 Å². The summed E-state index contributed by atoms with van der Waals surface area (Å²) >= 11 is 6.80. The van der Waals surface area contributed by atoms with Gasteiger partial charge >= 0.3 is 23.9 Å². The van der Waals surface area contributed by atoms with Crippen molar-refractivity contribution in [1.82, 2.24) is 4.90 Å². The van der Waals surface area contributed by atoms with Crippen LogP contribution in [0.3, 0.4) is 0 Å². The van der Waals surface area contributed by atoms with Gasteiger partial charge in [0.1, 0.15) is 21.7 Å². The van der Waals surface area contributed by atoms with Crippen molar-refractivity contribution in [2.75, 3.05) is 26.4 Å². The second kappa shape index (κ2) is 16.9. The van der Waals surface area contributed by atoms with Gasteiger partial charge in [-0.15, -0.1) is 0 Å². The van der Waals surface area contributed by atoms with Crippen molar-refractivity contribution in [3.63, 3.8) is 0 Å². The monoisotopic (exact) mass is 809 g/mol. The van der Waals surface area contributed by atoms with Gasteiger partial charge in [-0.05, 0) is 109 Å². The molecule has 11 heteroatoms. The lowest BCUT2D eigenvalue weighted by atomic mass is 9.96. The number of benzene rings is 4. The lowest BCUT2D eigenvalue weighted by Crippen LogP contribution is -2.37. The lowest BCUT2D eigenvalue weighted by molar-refractivity contribution is -0.156. The summed E-state index contributed by atoms with van der Waals surface area (Å²) in [5, 5.41) is 4.07. The number of nitrogens with zero attached hydrogens (tertiary/aromatic N) is 1. The highest BCUT2D eigenvalue weighted by Gasteiger charge is 2.52. The molecule has 1 aliphatic heterocycles. The summed E-state index contributed by atoms with van der Waals surface area (Å²) in [5.74, 6) is -1.36. The van der Waals surface area contributed by atoms with Gasteiger partial charge in [-0.3, -0.25) is 14.5 Å². The number of halogens is 2. The molecule has 264 valence electrons. The number of esters is 4. The highest BCUT2D eigenvalue weighted by molar-refractivity contribution is 9.09. The van der Waals surface area contributed by atoms with E-state index in [2.05, 4.69) is 31.9 Å². The van der Waals surface area contributed by atoms with Gasteiger partial charge in [0.15, 0.2) is 0 Å². The molecule has 0 bridgehead atoms. The maximum absolute atomic E-state index is 12.8. The summed E-state index contributed by atoms with van der Waals surface area (Å²) < 4.78 is 20.9. The molecule has 1 heterocycles. The molecule has 0 amide bonds. The quantitative estimate of drug-likeness (QED) is 0.0839. The van der Waals surface area contributed by atoms with E-state index in [-0.39, 0.29) is 18.0 Å². The average Bonchev–Trinajstić information content (AvgIpc) is 3.91. The van der Waals surface area contributed by atoms with Crippen molar-refractivity contribution in [2.24, 2.45) is 0 Å². The van der Waals surface area contributed by atoms with E-state index in [0.717, 1.165) is 45.5 Å². The Kier molecular flexibility index (Phi) is 12.7. The van der Waals surface area contributed by atoms with E-state index in [1.54, 1.807) is 27.7 Å². The molecule has 0 N–H and O–H groups in total. The Bertz CT molecular complexity index is 1750. The largest absolute Gasteiger partial charge is 0.465 e. The van der Waals surface area contributed by atoms with Gasteiger partial charge in [-0.25, -0.2) is 9.59 Å². The normalized spacial score (nSPS) is 18.0. The molecule has 9 nitrogen and oxygen atoms in total. The average molecular weight is 812 g/mol. The zero-order valence-electron chi connectivity index (χ0n) is 28.5. The molecule has 2 aliphatic rings. The van der Waals surface area contributed by atoms with Crippen LogP contribution in [0.25, 0.3) is 21.5 Å². The third kappa shape index (κ3) is 8.05. The Labute approximate surface area is 308 Å². The molecule has 4 aromatic carbocycles. The number of hydrogen-bond acceptors (Lipinski definition) is 9. The van der Waals surface area contributed by atoms with Crippen LogP contribution >= 0.6 is 31.9 Å². The summed E-state index contributed by atoms with van der Waals surface area (Å²) in [6.07, 6.45) is 1.97. The zero-order chi connectivity index (χ0) is 35.9. The van der Waals surface area contributed by atoms with Gasteiger partial charge < -0.3 is 18.9 Å². The molecule has 0 aromatic heterocycles. The summed E-state index contributed by atoms with van der Waals surface area (Å²) in [5.41, 5.74) is 3.10. The topological polar surface area (TPSA) is 108 Å². The highest BCUT2D eigenvalue weighted by atomic mass is 79.9. The number of carbonyl (C=O) groups excluding carboxylic acids is 4. The molecule has 50 heavy (non-hydrogen) atoms. The van der Waals surface area contributed by atoms with Crippen LogP contribution in [0.4, 0.5) is 0 Å². The van der Waals surface area contributed by atoms with Crippen LogP contribution in [0.5, 0.6) is 0 Å².